The first-order valence-corrected chi connectivity index (χ1v) is 8.54. The maximum absolute atomic E-state index is 12.4. The first-order valence-electron chi connectivity index (χ1n) is 8.16. The van der Waals surface area contributed by atoms with Gasteiger partial charge in [0.25, 0.3) is 0 Å². The van der Waals surface area contributed by atoms with Crippen molar-refractivity contribution in [1.82, 2.24) is 15.2 Å². The second-order valence-corrected chi connectivity index (χ2v) is 6.71. The van der Waals surface area contributed by atoms with Crippen molar-refractivity contribution in [2.24, 2.45) is 0 Å². The molecule has 2 heterocycles. The minimum atomic E-state index is -0.177. The van der Waals surface area contributed by atoms with Crippen LogP contribution in [0.25, 0.3) is 0 Å². The first-order chi connectivity index (χ1) is 11.2. The Morgan fingerprint density at radius 2 is 2.04 bits per heavy atom. The molecule has 126 valence electrons. The number of carbonyl (C=O) groups excluding carboxylic acids is 1. The van der Waals surface area contributed by atoms with Crippen molar-refractivity contribution < 1.29 is 9.53 Å². The molecule has 0 spiro atoms. The number of nitrogens with one attached hydrogen (secondary N) is 2. The van der Waals surface area contributed by atoms with Crippen molar-refractivity contribution in [3.63, 3.8) is 0 Å². The SMILES string of the molecule is O=C(Nc1ccc(Cl)nc1)NC1(CN2CCOCC2)CCCC1. The molecule has 3 rings (SSSR count). The van der Waals surface area contributed by atoms with Crippen LogP contribution in [0, 0.1) is 0 Å². The van der Waals surface area contributed by atoms with E-state index in [0.717, 1.165) is 58.5 Å². The molecular weight excluding hydrogens is 316 g/mol. The van der Waals surface area contributed by atoms with E-state index in [2.05, 4.69) is 20.5 Å². The summed E-state index contributed by atoms with van der Waals surface area (Å²) in [6, 6.07) is 3.23. The van der Waals surface area contributed by atoms with Gasteiger partial charge in [-0.3, -0.25) is 4.90 Å². The lowest BCUT2D eigenvalue weighted by atomic mass is 9.96. The lowest BCUT2D eigenvalue weighted by Gasteiger charge is -2.37. The van der Waals surface area contributed by atoms with Crippen molar-refractivity contribution in [3.8, 4) is 0 Å². The highest BCUT2D eigenvalue weighted by atomic mass is 35.5. The average molecular weight is 339 g/mol. The largest absolute Gasteiger partial charge is 0.379 e. The molecule has 1 aliphatic carbocycles. The number of pyridine rings is 1. The number of aromatic nitrogens is 1. The fraction of sp³-hybridized carbons (Fsp3) is 0.625. The van der Waals surface area contributed by atoms with Crippen molar-refractivity contribution in [2.45, 2.75) is 31.2 Å². The highest BCUT2D eigenvalue weighted by Crippen LogP contribution is 2.31. The summed E-state index contributed by atoms with van der Waals surface area (Å²) in [6.07, 6.45) is 5.93. The lowest BCUT2D eigenvalue weighted by molar-refractivity contribution is 0.0254. The van der Waals surface area contributed by atoms with E-state index >= 15 is 0 Å². The predicted molar refractivity (Wildman–Crippen MR) is 89.9 cm³/mol. The summed E-state index contributed by atoms with van der Waals surface area (Å²) < 4.78 is 5.41. The molecule has 6 nitrogen and oxygen atoms in total. The number of rotatable bonds is 4. The zero-order valence-electron chi connectivity index (χ0n) is 13.2. The molecular formula is C16H23ClN4O2. The van der Waals surface area contributed by atoms with Crippen LogP contribution in [-0.2, 0) is 4.74 Å². The molecule has 0 bridgehead atoms. The topological polar surface area (TPSA) is 66.5 Å². The highest BCUT2D eigenvalue weighted by molar-refractivity contribution is 6.29. The molecule has 1 saturated heterocycles. The van der Waals surface area contributed by atoms with Crippen LogP contribution in [0.15, 0.2) is 18.3 Å². The Bertz CT molecular complexity index is 525. The van der Waals surface area contributed by atoms with Gasteiger partial charge in [-0.1, -0.05) is 24.4 Å². The van der Waals surface area contributed by atoms with Gasteiger partial charge in [0.2, 0.25) is 0 Å². The van der Waals surface area contributed by atoms with E-state index in [0.29, 0.717) is 10.8 Å². The van der Waals surface area contributed by atoms with Gasteiger partial charge in [0.1, 0.15) is 5.15 Å². The maximum Gasteiger partial charge on any atom is 0.319 e. The molecule has 0 aromatic carbocycles. The molecule has 23 heavy (non-hydrogen) atoms. The second kappa shape index (κ2) is 7.47. The number of ether oxygens (including phenoxy) is 1. The van der Waals surface area contributed by atoms with Gasteiger partial charge in [0.05, 0.1) is 30.6 Å². The Hall–Kier alpha value is -1.37. The van der Waals surface area contributed by atoms with Gasteiger partial charge in [-0.25, -0.2) is 9.78 Å². The van der Waals surface area contributed by atoms with Crippen LogP contribution in [0.2, 0.25) is 5.15 Å². The third kappa shape index (κ3) is 4.56. The normalized spacial score (nSPS) is 21.1. The Labute approximate surface area is 141 Å². The van der Waals surface area contributed by atoms with Crippen LogP contribution in [-0.4, -0.2) is 54.3 Å². The molecule has 2 fully saturated rings. The summed E-state index contributed by atoms with van der Waals surface area (Å²) in [5.74, 6) is 0. The number of halogens is 1. The molecule has 1 saturated carbocycles. The predicted octanol–water partition coefficient (Wildman–Crippen LogP) is 2.50. The van der Waals surface area contributed by atoms with Crippen LogP contribution >= 0.6 is 11.6 Å². The van der Waals surface area contributed by atoms with Gasteiger partial charge in [-0.15, -0.1) is 0 Å². The molecule has 0 atom stereocenters. The van der Waals surface area contributed by atoms with Gasteiger partial charge in [-0.05, 0) is 25.0 Å². The minimum Gasteiger partial charge on any atom is -0.379 e. The molecule has 2 aliphatic rings. The van der Waals surface area contributed by atoms with E-state index in [-0.39, 0.29) is 11.6 Å². The third-order valence-corrected chi connectivity index (χ3v) is 4.78. The van der Waals surface area contributed by atoms with Crippen molar-refractivity contribution in [1.29, 1.82) is 0 Å². The summed E-state index contributed by atoms with van der Waals surface area (Å²) in [5.41, 5.74) is 0.507. The van der Waals surface area contributed by atoms with Crippen molar-refractivity contribution >= 4 is 23.3 Å². The number of hydrogen-bond acceptors (Lipinski definition) is 4. The van der Waals surface area contributed by atoms with E-state index in [1.165, 1.54) is 0 Å². The fourth-order valence-electron chi connectivity index (χ4n) is 3.41. The zero-order chi connectivity index (χ0) is 16.1. The van der Waals surface area contributed by atoms with E-state index in [9.17, 15) is 4.79 Å². The number of amides is 2. The summed E-state index contributed by atoms with van der Waals surface area (Å²) >= 11 is 5.76. The molecule has 1 aromatic rings. The van der Waals surface area contributed by atoms with Gasteiger partial charge in [0.15, 0.2) is 0 Å². The van der Waals surface area contributed by atoms with Crippen LogP contribution in [0.4, 0.5) is 10.5 Å². The second-order valence-electron chi connectivity index (χ2n) is 6.32. The smallest absolute Gasteiger partial charge is 0.319 e. The quantitative estimate of drug-likeness (QED) is 0.828. The Kier molecular flexibility index (Phi) is 5.35. The fourth-order valence-corrected chi connectivity index (χ4v) is 3.53. The number of morpholine rings is 1. The molecule has 1 aromatic heterocycles. The summed E-state index contributed by atoms with van der Waals surface area (Å²) in [4.78, 5) is 18.7. The zero-order valence-corrected chi connectivity index (χ0v) is 13.9. The highest BCUT2D eigenvalue weighted by Gasteiger charge is 2.37. The maximum atomic E-state index is 12.4. The van der Waals surface area contributed by atoms with Crippen LogP contribution < -0.4 is 10.6 Å². The Balaban J connectivity index is 1.59. The van der Waals surface area contributed by atoms with E-state index in [4.69, 9.17) is 16.3 Å². The third-order valence-electron chi connectivity index (χ3n) is 4.55. The number of carbonyl (C=O) groups is 1. The van der Waals surface area contributed by atoms with Crippen LogP contribution in [0.3, 0.4) is 0 Å². The van der Waals surface area contributed by atoms with Gasteiger partial charge >= 0.3 is 6.03 Å². The van der Waals surface area contributed by atoms with Gasteiger partial charge in [0, 0.05) is 19.6 Å². The Morgan fingerprint density at radius 3 is 2.70 bits per heavy atom. The monoisotopic (exact) mass is 338 g/mol. The van der Waals surface area contributed by atoms with Crippen molar-refractivity contribution in [3.05, 3.63) is 23.5 Å². The molecule has 7 heteroatoms. The number of urea groups is 1. The summed E-state index contributed by atoms with van der Waals surface area (Å²) in [7, 11) is 0. The number of hydrogen-bond donors (Lipinski definition) is 2. The lowest BCUT2D eigenvalue weighted by Crippen LogP contribution is -2.56. The van der Waals surface area contributed by atoms with Crippen LogP contribution in [0.1, 0.15) is 25.7 Å². The van der Waals surface area contributed by atoms with E-state index in [1.807, 2.05) is 0 Å². The summed E-state index contributed by atoms with van der Waals surface area (Å²) in [5, 5.41) is 6.47. The number of anilines is 1. The molecule has 0 radical (unpaired) electrons. The standard InChI is InChI=1S/C16H23ClN4O2/c17-14-4-3-13(11-18-14)19-15(22)20-16(5-1-2-6-16)12-21-7-9-23-10-8-21/h3-4,11H,1-2,5-10,12H2,(H2,19,20,22). The molecule has 2 amide bonds. The molecule has 0 unspecified atom stereocenters. The van der Waals surface area contributed by atoms with Gasteiger partial charge in [-0.2, -0.15) is 0 Å². The van der Waals surface area contributed by atoms with Crippen LogP contribution in [0.5, 0.6) is 0 Å². The van der Waals surface area contributed by atoms with Crippen molar-refractivity contribution in [2.75, 3.05) is 38.2 Å². The molecule has 1 aliphatic heterocycles. The van der Waals surface area contributed by atoms with E-state index < -0.39 is 0 Å². The Morgan fingerprint density at radius 1 is 1.30 bits per heavy atom. The summed E-state index contributed by atoms with van der Waals surface area (Å²) in [6.45, 7) is 4.32. The minimum absolute atomic E-state index is 0.138. The van der Waals surface area contributed by atoms with E-state index in [1.54, 1.807) is 18.3 Å². The number of nitrogens with zero attached hydrogens (tertiary/aromatic N) is 2. The molecule has 2 N–H and O–H groups in total. The van der Waals surface area contributed by atoms with Gasteiger partial charge < -0.3 is 15.4 Å². The first kappa shape index (κ1) is 16.5. The average Bonchev–Trinajstić information content (AvgIpc) is 2.98.